The highest BCUT2D eigenvalue weighted by Gasteiger charge is 2.11. The van der Waals surface area contributed by atoms with Gasteiger partial charge < -0.3 is 10.4 Å². The third kappa shape index (κ3) is 3.09. The van der Waals surface area contributed by atoms with E-state index in [1.54, 1.807) is 24.3 Å². The van der Waals surface area contributed by atoms with Crippen molar-refractivity contribution in [2.45, 2.75) is 19.6 Å². The predicted octanol–water partition coefficient (Wildman–Crippen LogP) is 0.394. The van der Waals surface area contributed by atoms with E-state index in [-0.39, 0.29) is 17.0 Å². The van der Waals surface area contributed by atoms with Crippen molar-refractivity contribution in [3.05, 3.63) is 44.3 Å². The van der Waals surface area contributed by atoms with Crippen LogP contribution in [-0.2, 0) is 6.54 Å². The molecule has 1 aromatic carbocycles. The first kappa shape index (κ1) is 13.9. The number of nitrogens with one attached hydrogen (secondary N) is 1. The van der Waals surface area contributed by atoms with E-state index < -0.39 is 6.10 Å². The van der Waals surface area contributed by atoms with Crippen LogP contribution in [0.15, 0.2) is 33.9 Å². The van der Waals surface area contributed by atoms with Gasteiger partial charge in [0.1, 0.15) is 0 Å². The maximum Gasteiger partial charge on any atom is 0.310 e. The average Bonchev–Trinajstić information content (AvgIpc) is 2.41. The van der Waals surface area contributed by atoms with E-state index in [2.05, 4.69) is 5.32 Å². The van der Waals surface area contributed by atoms with Crippen LogP contribution in [0.1, 0.15) is 6.92 Å². The second-order valence-corrected chi connectivity index (χ2v) is 5.23. The molecule has 1 aromatic heterocycles. The van der Waals surface area contributed by atoms with Crippen LogP contribution in [0.5, 0.6) is 0 Å². The molecule has 1 heterocycles. The second-order valence-electron chi connectivity index (χ2n) is 4.24. The van der Waals surface area contributed by atoms with Crippen LogP contribution in [0.2, 0.25) is 0 Å². The van der Waals surface area contributed by atoms with Gasteiger partial charge in [0.2, 0.25) is 0 Å². The molecule has 102 valence electrons. The number of hydrogen-bond acceptors (Lipinski definition) is 5. The van der Waals surface area contributed by atoms with E-state index >= 15 is 0 Å². The number of likely N-dealkylation sites (N-methyl/N-ethyl adjacent to an activating group) is 1. The number of hydrogen-bond donors (Lipinski definition) is 2. The summed E-state index contributed by atoms with van der Waals surface area (Å²) in [6.07, 6.45) is -0.751. The molecule has 0 saturated carbocycles. The third-order valence-corrected chi connectivity index (χ3v) is 3.77. The minimum atomic E-state index is -0.751. The maximum atomic E-state index is 12.2. The van der Waals surface area contributed by atoms with E-state index in [1.807, 2.05) is 6.92 Å². The molecule has 1 unspecified atom stereocenters. The number of rotatable bonds is 5. The van der Waals surface area contributed by atoms with Crippen LogP contribution in [0, 0.1) is 0 Å². The fraction of sp³-hybridized carbons (Fsp3) is 0.385. The van der Waals surface area contributed by atoms with Crippen molar-refractivity contribution in [2.75, 3.05) is 13.1 Å². The van der Waals surface area contributed by atoms with Crippen molar-refractivity contribution in [3.8, 4) is 0 Å². The molecule has 0 aliphatic rings. The first-order valence-electron chi connectivity index (χ1n) is 6.15. The lowest BCUT2D eigenvalue weighted by molar-refractivity contribution is 0.150. The van der Waals surface area contributed by atoms with E-state index in [1.165, 1.54) is 0 Å². The Morgan fingerprint density at radius 1 is 1.37 bits per heavy atom. The molecule has 0 saturated heterocycles. The molecule has 19 heavy (non-hydrogen) atoms. The Hall–Kier alpha value is -1.50. The summed E-state index contributed by atoms with van der Waals surface area (Å²) in [5.74, 6) is 0. The molecular formula is C13H16N2O3S. The van der Waals surface area contributed by atoms with Crippen molar-refractivity contribution in [3.63, 3.8) is 0 Å². The van der Waals surface area contributed by atoms with Crippen LogP contribution in [0.4, 0.5) is 0 Å². The highest BCUT2D eigenvalue weighted by molar-refractivity contribution is 7.16. The molecule has 1 atom stereocenters. The number of aliphatic hydroxyl groups excluding tert-OH is 1. The van der Waals surface area contributed by atoms with Crippen molar-refractivity contribution in [2.24, 2.45) is 0 Å². The van der Waals surface area contributed by atoms with Gasteiger partial charge in [-0.05, 0) is 18.7 Å². The van der Waals surface area contributed by atoms with Crippen LogP contribution >= 0.6 is 11.3 Å². The Balaban J connectivity index is 2.38. The molecule has 0 radical (unpaired) electrons. The molecule has 0 aliphatic heterocycles. The molecule has 0 amide bonds. The summed E-state index contributed by atoms with van der Waals surface area (Å²) in [6, 6.07) is 7.01. The molecule has 0 fully saturated rings. The fourth-order valence-corrected chi connectivity index (χ4v) is 2.72. The van der Waals surface area contributed by atoms with Gasteiger partial charge in [-0.15, -0.1) is 0 Å². The number of nitrogens with zero attached hydrogens (tertiary/aromatic N) is 1. The normalized spacial score (nSPS) is 12.7. The van der Waals surface area contributed by atoms with Crippen molar-refractivity contribution in [1.29, 1.82) is 0 Å². The van der Waals surface area contributed by atoms with Gasteiger partial charge in [-0.2, -0.15) is 0 Å². The zero-order chi connectivity index (χ0) is 13.8. The number of fused-ring (bicyclic) bond motifs is 1. The Kier molecular flexibility index (Phi) is 4.47. The first-order chi connectivity index (χ1) is 9.13. The maximum absolute atomic E-state index is 12.2. The summed E-state index contributed by atoms with van der Waals surface area (Å²) in [6.45, 7) is 3.04. The van der Waals surface area contributed by atoms with Gasteiger partial charge in [-0.25, -0.2) is 0 Å². The van der Waals surface area contributed by atoms with E-state index in [4.69, 9.17) is 0 Å². The molecule has 2 N–H and O–H groups in total. The van der Waals surface area contributed by atoms with Gasteiger partial charge in [0, 0.05) is 11.2 Å². The Bertz CT molecular complexity index is 677. The smallest absolute Gasteiger partial charge is 0.310 e. The van der Waals surface area contributed by atoms with E-state index in [9.17, 15) is 14.7 Å². The van der Waals surface area contributed by atoms with Crippen molar-refractivity contribution in [1.82, 2.24) is 9.88 Å². The molecule has 0 bridgehead atoms. The van der Waals surface area contributed by atoms with Gasteiger partial charge in [-0.1, -0.05) is 30.4 Å². The van der Waals surface area contributed by atoms with Gasteiger partial charge in [0.25, 0.3) is 5.56 Å². The zero-order valence-corrected chi connectivity index (χ0v) is 11.4. The van der Waals surface area contributed by atoms with Crippen molar-refractivity contribution >= 4 is 21.4 Å². The zero-order valence-electron chi connectivity index (χ0n) is 10.6. The summed E-state index contributed by atoms with van der Waals surface area (Å²) in [5.41, 5.74) is -0.338. The largest absolute Gasteiger partial charge is 0.390 e. The lowest BCUT2D eigenvalue weighted by Crippen LogP contribution is -2.38. The number of aromatic nitrogens is 1. The van der Waals surface area contributed by atoms with Crippen LogP contribution < -0.4 is 15.7 Å². The molecule has 0 spiro atoms. The topological polar surface area (TPSA) is 71.3 Å². The molecule has 5 nitrogen and oxygen atoms in total. The first-order valence-corrected chi connectivity index (χ1v) is 6.96. The molecule has 0 aliphatic carbocycles. The summed E-state index contributed by atoms with van der Waals surface area (Å²) in [5, 5.41) is 13.3. The quantitative estimate of drug-likeness (QED) is 0.831. The minimum Gasteiger partial charge on any atom is -0.390 e. The third-order valence-electron chi connectivity index (χ3n) is 2.80. The highest BCUT2D eigenvalue weighted by atomic mass is 32.1. The van der Waals surface area contributed by atoms with Gasteiger partial charge in [-0.3, -0.25) is 14.2 Å². The fourth-order valence-electron chi connectivity index (χ4n) is 1.85. The number of aliphatic hydroxyl groups is 1. The summed E-state index contributed by atoms with van der Waals surface area (Å²) >= 11 is 1.02. The lowest BCUT2D eigenvalue weighted by atomic mass is 10.3. The highest BCUT2D eigenvalue weighted by Crippen LogP contribution is 2.10. The Morgan fingerprint density at radius 2 is 2.11 bits per heavy atom. The standard InChI is InChI=1S/C13H16N2O3S/c1-2-14-7-9(16)8-15-12(17)10-5-3-4-6-11(10)19-13(15)18/h3-6,9,14,16H,2,7-8H2,1H3. The average molecular weight is 280 g/mol. The number of benzene rings is 1. The van der Waals surface area contributed by atoms with Crippen LogP contribution in [-0.4, -0.2) is 28.9 Å². The van der Waals surface area contributed by atoms with E-state index in [0.29, 0.717) is 16.6 Å². The molecular weight excluding hydrogens is 264 g/mol. The summed E-state index contributed by atoms with van der Waals surface area (Å²) in [7, 11) is 0. The van der Waals surface area contributed by atoms with Crippen molar-refractivity contribution < 1.29 is 5.11 Å². The minimum absolute atomic E-state index is 0.0198. The predicted molar refractivity (Wildman–Crippen MR) is 76.9 cm³/mol. The van der Waals surface area contributed by atoms with Gasteiger partial charge in [0.15, 0.2) is 0 Å². The van der Waals surface area contributed by atoms with E-state index in [0.717, 1.165) is 22.4 Å². The van der Waals surface area contributed by atoms with Crippen LogP contribution in [0.3, 0.4) is 0 Å². The monoisotopic (exact) mass is 280 g/mol. The Labute approximate surface area is 114 Å². The molecule has 2 aromatic rings. The van der Waals surface area contributed by atoms with Gasteiger partial charge >= 0.3 is 4.87 Å². The summed E-state index contributed by atoms with van der Waals surface area (Å²) in [4.78, 5) is 23.8. The second kappa shape index (κ2) is 6.10. The molecule has 2 rings (SSSR count). The van der Waals surface area contributed by atoms with Gasteiger partial charge in [0.05, 0.1) is 18.0 Å². The van der Waals surface area contributed by atoms with Crippen LogP contribution in [0.25, 0.3) is 10.1 Å². The SMILES string of the molecule is CCNCC(O)Cn1c(=O)sc2ccccc2c1=O. The lowest BCUT2D eigenvalue weighted by Gasteiger charge is -2.12. The Morgan fingerprint density at radius 3 is 2.84 bits per heavy atom. The molecule has 6 heteroatoms. The summed E-state index contributed by atoms with van der Waals surface area (Å²) < 4.78 is 1.78.